The third-order valence-electron chi connectivity index (χ3n) is 8.73. The largest absolute Gasteiger partial charge is 0.406 e. The molecule has 3 aromatic heterocycles. The van der Waals surface area contributed by atoms with Crippen LogP contribution in [0.5, 0.6) is 0 Å². The van der Waals surface area contributed by atoms with Crippen molar-refractivity contribution < 1.29 is 26.7 Å². The summed E-state index contributed by atoms with van der Waals surface area (Å²) in [6, 6.07) is 6.06. The van der Waals surface area contributed by atoms with E-state index in [0.29, 0.717) is 59.8 Å². The van der Waals surface area contributed by atoms with E-state index in [4.69, 9.17) is 0 Å². The van der Waals surface area contributed by atoms with Crippen molar-refractivity contribution in [2.75, 3.05) is 49.2 Å². The quantitative estimate of drug-likeness (QED) is 0.188. The van der Waals surface area contributed by atoms with Crippen molar-refractivity contribution in [3.8, 4) is 11.3 Å². The predicted molar refractivity (Wildman–Crippen MR) is 177 cm³/mol. The standard InChI is InChI=1S/C31H37F4N9O3S/c1-18-14-37-27(20-6-9-42(10-7-20)48(3,46)47)40-26(18)23-12-21-16-38-30(41-28(21)44(29(23)45)17-31(33,34)35)39-22-4-5-25(24(32)13-22)43-11-8-36-15-19(43)2/h4-5,12-14,16,19-20,36,46-47H,6-11,15,17H2,1-3H3,(H,38,39,41). The van der Waals surface area contributed by atoms with Crippen molar-refractivity contribution in [2.24, 2.45) is 0 Å². The molecule has 12 nitrogen and oxygen atoms in total. The fourth-order valence-corrected chi connectivity index (χ4v) is 7.15. The van der Waals surface area contributed by atoms with Crippen LogP contribution in [-0.4, -0.2) is 89.1 Å². The van der Waals surface area contributed by atoms with E-state index in [2.05, 4.69) is 30.6 Å². The van der Waals surface area contributed by atoms with Gasteiger partial charge < -0.3 is 15.5 Å². The Morgan fingerprint density at radius 1 is 1.08 bits per heavy atom. The van der Waals surface area contributed by atoms with Gasteiger partial charge in [0.15, 0.2) is 0 Å². The van der Waals surface area contributed by atoms with Gasteiger partial charge in [0.05, 0.1) is 16.9 Å². The second-order valence-corrected chi connectivity index (χ2v) is 14.4. The highest BCUT2D eigenvalue weighted by atomic mass is 32.3. The summed E-state index contributed by atoms with van der Waals surface area (Å²) in [6.45, 7) is 4.97. The summed E-state index contributed by atoms with van der Waals surface area (Å²) in [5, 5.41) is 6.29. The van der Waals surface area contributed by atoms with Crippen molar-refractivity contribution in [3.63, 3.8) is 0 Å². The Hall–Kier alpha value is -3.90. The van der Waals surface area contributed by atoms with E-state index < -0.39 is 34.9 Å². The molecule has 0 saturated carbocycles. The molecule has 4 N–H and O–H groups in total. The topological polar surface area (TPSA) is 145 Å². The lowest BCUT2D eigenvalue weighted by atomic mass is 9.96. The van der Waals surface area contributed by atoms with Gasteiger partial charge in [-0.15, -0.1) is 10.8 Å². The maximum Gasteiger partial charge on any atom is 0.406 e. The zero-order valence-electron chi connectivity index (χ0n) is 26.6. The number of hydrogen-bond acceptors (Lipinski definition) is 11. The van der Waals surface area contributed by atoms with E-state index in [9.17, 15) is 27.1 Å². The van der Waals surface area contributed by atoms with Crippen LogP contribution in [0.1, 0.15) is 37.1 Å². The Morgan fingerprint density at radius 3 is 2.50 bits per heavy atom. The monoisotopic (exact) mass is 691 g/mol. The first kappa shape index (κ1) is 34.0. The fraction of sp³-hybridized carbons (Fsp3) is 0.452. The Balaban J connectivity index is 1.33. The van der Waals surface area contributed by atoms with Gasteiger partial charge in [0.25, 0.3) is 5.56 Å². The van der Waals surface area contributed by atoms with Gasteiger partial charge in [0, 0.05) is 74.4 Å². The molecular weight excluding hydrogens is 654 g/mol. The number of alkyl halides is 3. The summed E-state index contributed by atoms with van der Waals surface area (Å²) in [6.07, 6.45) is 0.536. The lowest BCUT2D eigenvalue weighted by Crippen LogP contribution is -2.50. The lowest BCUT2D eigenvalue weighted by molar-refractivity contribution is -0.140. The number of pyridine rings is 1. The summed E-state index contributed by atoms with van der Waals surface area (Å²) in [5.41, 5.74) is 0.176. The third kappa shape index (κ3) is 7.24. The minimum atomic E-state index is -4.75. The first-order valence-corrected chi connectivity index (χ1v) is 17.4. The molecule has 48 heavy (non-hydrogen) atoms. The molecule has 2 aliphatic heterocycles. The van der Waals surface area contributed by atoms with Crippen LogP contribution in [-0.2, 0) is 6.54 Å². The number of hydrogen-bond donors (Lipinski definition) is 4. The maximum absolute atomic E-state index is 15.2. The van der Waals surface area contributed by atoms with Gasteiger partial charge in [-0.1, -0.05) is 0 Å². The van der Waals surface area contributed by atoms with Crippen LogP contribution in [0.2, 0.25) is 0 Å². The second-order valence-electron chi connectivity index (χ2n) is 12.3. The molecule has 4 aromatic rings. The van der Waals surface area contributed by atoms with Crippen molar-refractivity contribution in [1.82, 2.24) is 34.1 Å². The average molecular weight is 692 g/mol. The number of piperidine rings is 1. The molecule has 17 heteroatoms. The molecule has 2 aliphatic rings. The van der Waals surface area contributed by atoms with Crippen LogP contribution < -0.4 is 21.1 Å². The van der Waals surface area contributed by atoms with Gasteiger partial charge in [-0.3, -0.25) is 18.5 Å². The SMILES string of the molecule is Cc1cnc(C2CCN(S(C)(O)O)CC2)nc1-c1cc2cnc(Nc3ccc(N4CCNCC4C)c(F)c3)nc2n(CC(F)(F)F)c1=O. The molecule has 1 unspecified atom stereocenters. The number of aryl methyl sites for hydroxylation is 1. The van der Waals surface area contributed by atoms with Crippen LogP contribution in [0.4, 0.5) is 34.9 Å². The zero-order valence-corrected chi connectivity index (χ0v) is 27.4. The van der Waals surface area contributed by atoms with E-state index in [1.807, 2.05) is 11.8 Å². The van der Waals surface area contributed by atoms with Gasteiger partial charge in [-0.05, 0) is 56.5 Å². The number of nitrogens with zero attached hydrogens (tertiary/aromatic N) is 7. The minimum absolute atomic E-state index is 0.0582. The number of fused-ring (bicyclic) bond motifs is 1. The summed E-state index contributed by atoms with van der Waals surface area (Å²) >= 11 is 0. The number of nitrogens with one attached hydrogen (secondary N) is 2. The number of aromatic nitrogens is 5. The minimum Gasteiger partial charge on any atom is -0.364 e. The van der Waals surface area contributed by atoms with Gasteiger partial charge in [0.1, 0.15) is 23.8 Å². The highest BCUT2D eigenvalue weighted by Gasteiger charge is 2.32. The Labute approximate surface area is 275 Å². The molecule has 0 bridgehead atoms. The molecule has 1 aromatic carbocycles. The van der Waals surface area contributed by atoms with Crippen LogP contribution >= 0.6 is 10.8 Å². The van der Waals surface area contributed by atoms with Gasteiger partial charge >= 0.3 is 6.18 Å². The average Bonchev–Trinajstić information content (AvgIpc) is 3.03. The van der Waals surface area contributed by atoms with Crippen molar-refractivity contribution >= 4 is 39.1 Å². The van der Waals surface area contributed by atoms with Gasteiger partial charge in [-0.25, -0.2) is 23.6 Å². The summed E-state index contributed by atoms with van der Waals surface area (Å²) < 4.78 is 78.9. The number of halogens is 4. The third-order valence-corrected chi connectivity index (χ3v) is 10.1. The zero-order chi connectivity index (χ0) is 34.4. The van der Waals surface area contributed by atoms with Crippen LogP contribution in [0.25, 0.3) is 22.3 Å². The molecule has 0 aliphatic carbocycles. The van der Waals surface area contributed by atoms with E-state index in [1.165, 1.54) is 30.8 Å². The number of benzene rings is 1. The Kier molecular flexibility index (Phi) is 9.34. The number of rotatable bonds is 7. The molecule has 0 spiro atoms. The number of anilines is 3. The maximum atomic E-state index is 15.2. The highest BCUT2D eigenvalue weighted by molar-refractivity contribution is 8.21. The second kappa shape index (κ2) is 13.2. The lowest BCUT2D eigenvalue weighted by Gasteiger charge is -2.43. The van der Waals surface area contributed by atoms with Crippen molar-refractivity contribution in [3.05, 3.63) is 64.2 Å². The van der Waals surface area contributed by atoms with E-state index in [1.54, 1.807) is 23.4 Å². The number of piperazine rings is 1. The molecule has 0 amide bonds. The molecule has 6 rings (SSSR count). The van der Waals surface area contributed by atoms with Crippen molar-refractivity contribution in [1.29, 1.82) is 0 Å². The Morgan fingerprint density at radius 2 is 1.83 bits per heavy atom. The van der Waals surface area contributed by atoms with Gasteiger partial charge in [0.2, 0.25) is 5.95 Å². The van der Waals surface area contributed by atoms with Crippen LogP contribution in [0.15, 0.2) is 41.5 Å². The molecule has 2 fully saturated rings. The first-order chi connectivity index (χ1) is 22.7. The summed E-state index contributed by atoms with van der Waals surface area (Å²) in [7, 11) is -2.85. The molecule has 1 atom stereocenters. The summed E-state index contributed by atoms with van der Waals surface area (Å²) in [4.78, 5) is 33.4. The first-order valence-electron chi connectivity index (χ1n) is 15.5. The molecule has 258 valence electrons. The molecular formula is C31H37F4N9O3S. The van der Waals surface area contributed by atoms with Crippen LogP contribution in [0.3, 0.4) is 0 Å². The van der Waals surface area contributed by atoms with Gasteiger partial charge in [-0.2, -0.15) is 18.2 Å². The molecule has 5 heterocycles. The van der Waals surface area contributed by atoms with Crippen molar-refractivity contribution in [2.45, 2.75) is 51.4 Å². The van der Waals surface area contributed by atoms with Crippen LogP contribution in [0, 0.1) is 12.7 Å². The summed E-state index contributed by atoms with van der Waals surface area (Å²) in [5.74, 6) is -0.301. The predicted octanol–water partition coefficient (Wildman–Crippen LogP) is 5.27. The van der Waals surface area contributed by atoms with E-state index in [-0.39, 0.29) is 40.2 Å². The normalized spacial score (nSPS) is 18.8. The fourth-order valence-electron chi connectivity index (χ4n) is 6.25. The van der Waals surface area contributed by atoms with E-state index in [0.717, 1.165) is 13.1 Å². The highest BCUT2D eigenvalue weighted by Crippen LogP contribution is 2.43. The Bertz CT molecular complexity index is 1880. The van der Waals surface area contributed by atoms with E-state index >= 15 is 4.39 Å². The molecule has 0 radical (unpaired) electrons. The molecule has 2 saturated heterocycles. The smallest absolute Gasteiger partial charge is 0.364 e.